The fourth-order valence-corrected chi connectivity index (χ4v) is 1.33. The van der Waals surface area contributed by atoms with Crippen LogP contribution in [0.1, 0.15) is 11.1 Å². The van der Waals surface area contributed by atoms with E-state index in [1.54, 1.807) is 6.20 Å². The predicted octanol–water partition coefficient (Wildman–Crippen LogP) is 1.48. The summed E-state index contributed by atoms with van der Waals surface area (Å²) in [6.45, 7) is 2.08. The Morgan fingerprint density at radius 2 is 2.25 bits per heavy atom. The van der Waals surface area contributed by atoms with Crippen LogP contribution in [-0.4, -0.2) is 5.12 Å². The van der Waals surface area contributed by atoms with E-state index in [1.165, 1.54) is 16.2 Å². The van der Waals surface area contributed by atoms with Crippen LogP contribution in [0.25, 0.3) is 6.08 Å². The van der Waals surface area contributed by atoms with Crippen LogP contribution in [0.4, 0.5) is 5.69 Å². The van der Waals surface area contributed by atoms with E-state index in [0.29, 0.717) is 0 Å². The maximum Gasteiger partial charge on any atom is 0.0632 e. The quantitative estimate of drug-likeness (QED) is 0.566. The molecule has 0 bridgehead atoms. The second-order valence-corrected chi connectivity index (χ2v) is 2.87. The molecule has 2 rings (SSSR count). The van der Waals surface area contributed by atoms with E-state index in [2.05, 4.69) is 18.4 Å². The van der Waals surface area contributed by atoms with Crippen LogP contribution in [0.2, 0.25) is 0 Å². The molecule has 0 spiro atoms. The Morgan fingerprint density at radius 1 is 1.42 bits per heavy atom. The Bertz CT molecular complexity index is 331. The van der Waals surface area contributed by atoms with Crippen molar-refractivity contribution in [3.8, 4) is 0 Å². The summed E-state index contributed by atoms with van der Waals surface area (Å²) in [6, 6.07) is 6.09. The van der Waals surface area contributed by atoms with E-state index in [4.69, 9.17) is 5.84 Å². The highest BCUT2D eigenvalue weighted by molar-refractivity contribution is 5.71. The summed E-state index contributed by atoms with van der Waals surface area (Å²) >= 11 is 0. The molecule has 1 heterocycles. The number of anilines is 1. The summed E-state index contributed by atoms with van der Waals surface area (Å²) in [7, 11) is 0. The molecule has 0 fully saturated rings. The Balaban J connectivity index is 2.53. The first-order valence-electron chi connectivity index (χ1n) is 3.86. The van der Waals surface area contributed by atoms with Crippen molar-refractivity contribution in [1.29, 1.82) is 0 Å². The molecule has 0 aliphatic carbocycles. The van der Waals surface area contributed by atoms with Crippen molar-refractivity contribution in [2.75, 3.05) is 5.43 Å². The van der Waals surface area contributed by atoms with Crippen LogP contribution in [0.15, 0.2) is 24.4 Å². The number of hydrazine groups is 2. The molecule has 0 unspecified atom stereocenters. The summed E-state index contributed by atoms with van der Waals surface area (Å²) in [6.07, 6.45) is 3.80. The third-order valence-corrected chi connectivity index (χ3v) is 1.98. The summed E-state index contributed by atoms with van der Waals surface area (Å²) in [5, 5.41) is 1.45. The largest absolute Gasteiger partial charge is 0.284 e. The average Bonchev–Trinajstić information content (AvgIpc) is 2.04. The van der Waals surface area contributed by atoms with Gasteiger partial charge in [-0.15, -0.1) is 0 Å². The standard InChI is InChI=1S/C9H11N3/c1-7-3-2-4-9-8(7)5-6-12(10)11-9/h2-6,11H,10H2,1H3. The van der Waals surface area contributed by atoms with Gasteiger partial charge in [0.2, 0.25) is 0 Å². The van der Waals surface area contributed by atoms with Crippen LogP contribution in [0.5, 0.6) is 0 Å². The first-order valence-corrected chi connectivity index (χ1v) is 3.86. The van der Waals surface area contributed by atoms with Crippen molar-refractivity contribution in [1.82, 2.24) is 5.12 Å². The van der Waals surface area contributed by atoms with Crippen molar-refractivity contribution in [2.24, 2.45) is 5.84 Å². The number of hydrogen-bond donors (Lipinski definition) is 2. The highest BCUT2D eigenvalue weighted by Crippen LogP contribution is 2.23. The smallest absolute Gasteiger partial charge is 0.0632 e. The number of rotatable bonds is 0. The molecule has 1 aliphatic heterocycles. The molecule has 3 N–H and O–H groups in total. The Morgan fingerprint density at radius 3 is 3.08 bits per heavy atom. The molecule has 0 saturated carbocycles. The zero-order valence-corrected chi connectivity index (χ0v) is 6.91. The maximum atomic E-state index is 5.54. The lowest BCUT2D eigenvalue weighted by molar-refractivity contribution is 0.474. The second kappa shape index (κ2) is 2.53. The van der Waals surface area contributed by atoms with E-state index < -0.39 is 0 Å². The SMILES string of the molecule is Cc1cccc2c1C=CN(N)N2. The molecule has 12 heavy (non-hydrogen) atoms. The summed E-state index contributed by atoms with van der Waals surface area (Å²) in [5.41, 5.74) is 6.54. The van der Waals surface area contributed by atoms with Gasteiger partial charge >= 0.3 is 0 Å². The minimum absolute atomic E-state index is 1.06. The van der Waals surface area contributed by atoms with Gasteiger partial charge in [-0.1, -0.05) is 12.1 Å². The predicted molar refractivity (Wildman–Crippen MR) is 49.9 cm³/mol. The molecule has 0 amide bonds. The van der Waals surface area contributed by atoms with Gasteiger partial charge < -0.3 is 0 Å². The molecule has 0 atom stereocenters. The van der Waals surface area contributed by atoms with Gasteiger partial charge in [0.15, 0.2) is 0 Å². The fourth-order valence-electron chi connectivity index (χ4n) is 1.33. The van der Waals surface area contributed by atoms with Crippen LogP contribution in [-0.2, 0) is 0 Å². The minimum Gasteiger partial charge on any atom is -0.284 e. The highest BCUT2D eigenvalue weighted by atomic mass is 15.7. The number of hydrogen-bond acceptors (Lipinski definition) is 3. The number of fused-ring (bicyclic) bond motifs is 1. The molecular formula is C9H11N3. The van der Waals surface area contributed by atoms with Gasteiger partial charge in [0.1, 0.15) is 0 Å². The molecule has 1 aromatic rings. The molecule has 62 valence electrons. The molecule has 1 aliphatic rings. The van der Waals surface area contributed by atoms with E-state index in [-0.39, 0.29) is 0 Å². The molecule has 0 aromatic heterocycles. The fraction of sp³-hybridized carbons (Fsp3) is 0.111. The van der Waals surface area contributed by atoms with Crippen molar-refractivity contribution >= 4 is 11.8 Å². The number of nitrogens with two attached hydrogens (primary N) is 1. The second-order valence-electron chi connectivity index (χ2n) is 2.87. The summed E-state index contributed by atoms with van der Waals surface area (Å²) in [5.74, 6) is 5.54. The van der Waals surface area contributed by atoms with Crippen molar-refractivity contribution in [2.45, 2.75) is 6.92 Å². The van der Waals surface area contributed by atoms with Gasteiger partial charge in [-0.2, -0.15) is 0 Å². The van der Waals surface area contributed by atoms with Gasteiger partial charge in [-0.25, -0.2) is 11.0 Å². The molecular weight excluding hydrogens is 150 g/mol. The van der Waals surface area contributed by atoms with Crippen molar-refractivity contribution in [3.63, 3.8) is 0 Å². The Kier molecular flexibility index (Phi) is 1.52. The van der Waals surface area contributed by atoms with Gasteiger partial charge in [-0.3, -0.25) is 5.43 Å². The van der Waals surface area contributed by atoms with Crippen molar-refractivity contribution < 1.29 is 0 Å². The monoisotopic (exact) mass is 161 g/mol. The average molecular weight is 161 g/mol. The van der Waals surface area contributed by atoms with E-state index in [0.717, 1.165) is 5.69 Å². The zero-order valence-electron chi connectivity index (χ0n) is 6.91. The lowest BCUT2D eigenvalue weighted by atomic mass is 10.1. The van der Waals surface area contributed by atoms with Crippen LogP contribution >= 0.6 is 0 Å². The van der Waals surface area contributed by atoms with Gasteiger partial charge in [0, 0.05) is 11.8 Å². The lowest BCUT2D eigenvalue weighted by Crippen LogP contribution is -2.33. The van der Waals surface area contributed by atoms with E-state index in [9.17, 15) is 0 Å². The van der Waals surface area contributed by atoms with E-state index >= 15 is 0 Å². The first kappa shape index (κ1) is 7.18. The Hall–Kier alpha value is -1.48. The van der Waals surface area contributed by atoms with Crippen LogP contribution < -0.4 is 11.3 Å². The third-order valence-electron chi connectivity index (χ3n) is 1.98. The number of nitrogens with one attached hydrogen (secondary N) is 1. The van der Waals surface area contributed by atoms with Gasteiger partial charge in [0.05, 0.1) is 5.69 Å². The molecule has 0 saturated heterocycles. The van der Waals surface area contributed by atoms with E-state index in [1.807, 2.05) is 18.2 Å². The molecule has 1 aromatic carbocycles. The molecule has 0 radical (unpaired) electrons. The number of aryl methyl sites for hydroxylation is 1. The molecule has 3 nitrogen and oxygen atoms in total. The third kappa shape index (κ3) is 1.04. The Labute approximate surface area is 71.4 Å². The van der Waals surface area contributed by atoms with Crippen LogP contribution in [0.3, 0.4) is 0 Å². The normalized spacial score (nSPS) is 14.0. The number of nitrogens with zero attached hydrogens (tertiary/aromatic N) is 1. The highest BCUT2D eigenvalue weighted by Gasteiger charge is 2.07. The first-order chi connectivity index (χ1) is 5.77. The minimum atomic E-state index is 1.06. The molecule has 3 heteroatoms. The number of benzene rings is 1. The maximum absolute atomic E-state index is 5.54. The zero-order chi connectivity index (χ0) is 8.55. The summed E-state index contributed by atoms with van der Waals surface area (Å²) < 4.78 is 0. The topological polar surface area (TPSA) is 41.3 Å². The van der Waals surface area contributed by atoms with Gasteiger partial charge in [-0.05, 0) is 24.6 Å². The van der Waals surface area contributed by atoms with Gasteiger partial charge in [0.25, 0.3) is 0 Å². The summed E-state index contributed by atoms with van der Waals surface area (Å²) in [4.78, 5) is 0. The lowest BCUT2D eigenvalue weighted by Gasteiger charge is -2.23. The van der Waals surface area contributed by atoms with Crippen molar-refractivity contribution in [3.05, 3.63) is 35.5 Å². The van der Waals surface area contributed by atoms with Crippen LogP contribution in [0, 0.1) is 6.92 Å².